The van der Waals surface area contributed by atoms with Crippen molar-refractivity contribution in [2.75, 3.05) is 6.54 Å². The molecule has 1 N–H and O–H groups in total. The number of sulfonamides is 1. The van der Waals surface area contributed by atoms with E-state index in [1.165, 1.54) is 18.2 Å². The first-order chi connectivity index (χ1) is 10.7. The molecule has 124 valence electrons. The zero-order valence-electron chi connectivity index (χ0n) is 11.8. The van der Waals surface area contributed by atoms with Gasteiger partial charge in [0, 0.05) is 11.0 Å². The average molecular weight is 408 g/mol. The van der Waals surface area contributed by atoms with Crippen LogP contribution < -0.4 is 4.72 Å². The van der Waals surface area contributed by atoms with E-state index in [9.17, 15) is 21.6 Å². The van der Waals surface area contributed by atoms with E-state index in [2.05, 4.69) is 20.7 Å². The van der Waals surface area contributed by atoms with Crippen LogP contribution in [-0.4, -0.2) is 15.0 Å². The highest BCUT2D eigenvalue weighted by Crippen LogP contribution is 2.29. The summed E-state index contributed by atoms with van der Waals surface area (Å²) in [6.45, 7) is 0.00494. The summed E-state index contributed by atoms with van der Waals surface area (Å²) < 4.78 is 65.0. The van der Waals surface area contributed by atoms with Gasteiger partial charge in [-0.2, -0.15) is 13.2 Å². The summed E-state index contributed by atoms with van der Waals surface area (Å²) in [4.78, 5) is 0.0871. The molecule has 0 bridgehead atoms. The molecular formula is C15H13BrF3NO2S. The predicted octanol–water partition coefficient (Wildman–Crippen LogP) is 3.99. The smallest absolute Gasteiger partial charge is 0.211 e. The first-order valence-electron chi connectivity index (χ1n) is 6.60. The second-order valence-corrected chi connectivity index (χ2v) is 7.37. The van der Waals surface area contributed by atoms with Crippen LogP contribution in [-0.2, 0) is 22.6 Å². The molecule has 0 spiro atoms. The number of alkyl halides is 3. The van der Waals surface area contributed by atoms with Crippen LogP contribution in [0, 0.1) is 0 Å². The lowest BCUT2D eigenvalue weighted by Crippen LogP contribution is -2.26. The molecule has 0 aromatic heterocycles. The Bertz CT molecular complexity index is 791. The summed E-state index contributed by atoms with van der Waals surface area (Å²) in [7, 11) is -3.72. The summed E-state index contributed by atoms with van der Waals surface area (Å²) in [5, 5.41) is 0. The molecule has 0 saturated carbocycles. The van der Waals surface area contributed by atoms with E-state index >= 15 is 0 Å². The topological polar surface area (TPSA) is 46.2 Å². The minimum atomic E-state index is -4.41. The normalized spacial score (nSPS) is 12.3. The first kappa shape index (κ1) is 18.0. The van der Waals surface area contributed by atoms with Crippen LogP contribution in [0.3, 0.4) is 0 Å². The standard InChI is InChI=1S/C15H13BrF3NO2S/c16-13-6-1-2-7-14(13)23(21,22)20-9-8-11-4-3-5-12(10-11)15(17,18)19/h1-7,10,20H,8-9H2. The molecule has 23 heavy (non-hydrogen) atoms. The number of hydrogen-bond acceptors (Lipinski definition) is 2. The molecule has 2 rings (SSSR count). The van der Waals surface area contributed by atoms with Crippen molar-refractivity contribution in [1.82, 2.24) is 4.72 Å². The second-order valence-electron chi connectivity index (χ2n) is 4.78. The number of nitrogens with one attached hydrogen (secondary N) is 1. The number of halogens is 4. The molecule has 0 saturated heterocycles. The molecule has 8 heteroatoms. The summed E-state index contributed by atoms with van der Waals surface area (Å²) in [6.07, 6.45) is -4.25. The van der Waals surface area contributed by atoms with E-state index in [1.54, 1.807) is 18.2 Å². The van der Waals surface area contributed by atoms with Crippen molar-refractivity contribution in [3.8, 4) is 0 Å². The van der Waals surface area contributed by atoms with Crippen LogP contribution in [0.15, 0.2) is 57.9 Å². The molecule has 0 amide bonds. The predicted molar refractivity (Wildman–Crippen MR) is 84.5 cm³/mol. The van der Waals surface area contributed by atoms with Gasteiger partial charge in [0.05, 0.1) is 10.5 Å². The van der Waals surface area contributed by atoms with Gasteiger partial charge >= 0.3 is 6.18 Å². The average Bonchev–Trinajstić information content (AvgIpc) is 2.47. The number of rotatable bonds is 5. The van der Waals surface area contributed by atoms with Crippen LogP contribution in [0.4, 0.5) is 13.2 Å². The summed E-state index contributed by atoms with van der Waals surface area (Å²) >= 11 is 3.16. The molecule has 0 atom stereocenters. The SMILES string of the molecule is O=S(=O)(NCCc1cccc(C(F)(F)F)c1)c1ccccc1Br. The van der Waals surface area contributed by atoms with Gasteiger partial charge in [-0.1, -0.05) is 30.3 Å². The fourth-order valence-electron chi connectivity index (χ4n) is 1.97. The van der Waals surface area contributed by atoms with Gasteiger partial charge in [-0.3, -0.25) is 0 Å². The maximum absolute atomic E-state index is 12.6. The van der Waals surface area contributed by atoms with E-state index in [4.69, 9.17) is 0 Å². The Balaban J connectivity index is 2.04. The van der Waals surface area contributed by atoms with Crippen molar-refractivity contribution in [1.29, 1.82) is 0 Å². The van der Waals surface area contributed by atoms with Crippen LogP contribution in [0.1, 0.15) is 11.1 Å². The summed E-state index contributed by atoms with van der Waals surface area (Å²) in [5.74, 6) is 0. The highest BCUT2D eigenvalue weighted by molar-refractivity contribution is 9.10. The zero-order valence-corrected chi connectivity index (χ0v) is 14.2. The van der Waals surface area contributed by atoms with E-state index in [0.29, 0.717) is 10.0 Å². The van der Waals surface area contributed by atoms with Gasteiger partial charge in [0.1, 0.15) is 0 Å². The lowest BCUT2D eigenvalue weighted by Gasteiger charge is -2.10. The molecule has 3 nitrogen and oxygen atoms in total. The lowest BCUT2D eigenvalue weighted by atomic mass is 10.1. The fourth-order valence-corrected chi connectivity index (χ4v) is 4.01. The van der Waals surface area contributed by atoms with Crippen molar-refractivity contribution in [3.63, 3.8) is 0 Å². The summed E-state index contributed by atoms with van der Waals surface area (Å²) in [6, 6.07) is 11.2. The minimum absolute atomic E-state index is 0.00494. The molecule has 0 fully saturated rings. The van der Waals surface area contributed by atoms with Crippen LogP contribution >= 0.6 is 15.9 Å². The quantitative estimate of drug-likeness (QED) is 0.814. The first-order valence-corrected chi connectivity index (χ1v) is 8.88. The molecule has 0 radical (unpaired) electrons. The third kappa shape index (κ3) is 4.79. The Morgan fingerprint density at radius 3 is 2.39 bits per heavy atom. The van der Waals surface area contributed by atoms with Gasteiger partial charge in [0.2, 0.25) is 10.0 Å². The molecule has 0 unspecified atom stereocenters. The van der Waals surface area contributed by atoms with E-state index in [0.717, 1.165) is 12.1 Å². The molecule has 2 aromatic carbocycles. The Kier molecular flexibility index (Phi) is 5.49. The maximum atomic E-state index is 12.6. The highest BCUT2D eigenvalue weighted by atomic mass is 79.9. The fraction of sp³-hybridized carbons (Fsp3) is 0.200. The molecular weight excluding hydrogens is 395 g/mol. The Labute approximate surface area is 140 Å². The molecule has 0 aliphatic carbocycles. The van der Waals surface area contributed by atoms with Gasteiger partial charge < -0.3 is 0 Å². The van der Waals surface area contributed by atoms with E-state index < -0.39 is 21.8 Å². The van der Waals surface area contributed by atoms with Crippen LogP contribution in [0.5, 0.6) is 0 Å². The third-order valence-electron chi connectivity index (χ3n) is 3.09. The van der Waals surface area contributed by atoms with Crippen LogP contribution in [0.2, 0.25) is 0 Å². The Morgan fingerprint density at radius 1 is 1.04 bits per heavy atom. The minimum Gasteiger partial charge on any atom is -0.211 e. The van der Waals surface area contributed by atoms with Crippen molar-refractivity contribution in [3.05, 3.63) is 64.1 Å². The number of hydrogen-bond donors (Lipinski definition) is 1. The van der Waals surface area contributed by atoms with E-state index in [1.807, 2.05) is 0 Å². The second kappa shape index (κ2) is 7.02. The van der Waals surface area contributed by atoms with Gasteiger partial charge in [-0.15, -0.1) is 0 Å². The highest BCUT2D eigenvalue weighted by Gasteiger charge is 2.30. The van der Waals surface area contributed by atoms with Crippen molar-refractivity contribution >= 4 is 26.0 Å². The summed E-state index contributed by atoms with van der Waals surface area (Å²) in [5.41, 5.74) is -0.335. The third-order valence-corrected chi connectivity index (χ3v) is 5.56. The molecule has 0 heterocycles. The monoisotopic (exact) mass is 407 g/mol. The zero-order chi connectivity index (χ0) is 17.1. The molecule has 0 aliphatic rings. The maximum Gasteiger partial charge on any atom is 0.416 e. The van der Waals surface area contributed by atoms with Gasteiger partial charge in [0.25, 0.3) is 0 Å². The van der Waals surface area contributed by atoms with E-state index in [-0.39, 0.29) is 17.9 Å². The van der Waals surface area contributed by atoms with Crippen molar-refractivity contribution < 1.29 is 21.6 Å². The Morgan fingerprint density at radius 2 is 1.74 bits per heavy atom. The van der Waals surface area contributed by atoms with Crippen molar-refractivity contribution in [2.24, 2.45) is 0 Å². The number of benzene rings is 2. The van der Waals surface area contributed by atoms with Gasteiger partial charge in [-0.25, -0.2) is 13.1 Å². The van der Waals surface area contributed by atoms with Gasteiger partial charge in [-0.05, 0) is 46.1 Å². The van der Waals surface area contributed by atoms with Gasteiger partial charge in [0.15, 0.2) is 0 Å². The molecule has 2 aromatic rings. The van der Waals surface area contributed by atoms with Crippen LogP contribution in [0.25, 0.3) is 0 Å². The van der Waals surface area contributed by atoms with Crippen molar-refractivity contribution in [2.45, 2.75) is 17.5 Å². The largest absolute Gasteiger partial charge is 0.416 e. The molecule has 0 aliphatic heterocycles. The lowest BCUT2D eigenvalue weighted by molar-refractivity contribution is -0.137. The Hall–Kier alpha value is -1.38.